The molecule has 4 aromatic rings. The van der Waals surface area contributed by atoms with Gasteiger partial charge in [-0.3, -0.25) is 0 Å². The quantitative estimate of drug-likeness (QED) is 0.409. The molecule has 0 aromatic heterocycles. The summed E-state index contributed by atoms with van der Waals surface area (Å²) >= 11 is 0. The van der Waals surface area contributed by atoms with Crippen molar-refractivity contribution < 1.29 is 14.6 Å². The molecule has 5 rings (SSSR count). The monoisotopic (exact) mass is 421 g/mol. The molecule has 0 atom stereocenters. The number of aromatic hydroxyl groups is 1. The van der Waals surface area contributed by atoms with Crippen LogP contribution in [0.5, 0.6) is 5.75 Å². The predicted octanol–water partition coefficient (Wildman–Crippen LogP) is 6.10. The summed E-state index contributed by atoms with van der Waals surface area (Å²) in [5.74, 6) is 0.248. The molecule has 0 heterocycles. The van der Waals surface area contributed by atoms with Crippen molar-refractivity contribution in [2.75, 3.05) is 13.2 Å². The molecule has 1 amide bonds. The summed E-state index contributed by atoms with van der Waals surface area (Å²) in [5, 5.41) is 15.0. The molecule has 2 N–H and O–H groups in total. The van der Waals surface area contributed by atoms with Crippen LogP contribution in [0.4, 0.5) is 4.79 Å². The van der Waals surface area contributed by atoms with Gasteiger partial charge in [-0.25, -0.2) is 4.79 Å². The molecule has 158 valence electrons. The van der Waals surface area contributed by atoms with Crippen LogP contribution in [0.3, 0.4) is 0 Å². The lowest BCUT2D eigenvalue weighted by molar-refractivity contribution is 0.144. The summed E-state index contributed by atoms with van der Waals surface area (Å²) in [6.07, 6.45) is 3.17. The number of amides is 1. The van der Waals surface area contributed by atoms with Gasteiger partial charge in [-0.2, -0.15) is 0 Å². The van der Waals surface area contributed by atoms with Crippen LogP contribution in [-0.4, -0.2) is 24.4 Å². The number of phenolic OH excluding ortho intramolecular Hbond substituents is 1. The molecule has 0 unspecified atom stereocenters. The molecular weight excluding hydrogens is 398 g/mol. The molecule has 4 heteroatoms. The zero-order valence-electron chi connectivity index (χ0n) is 17.5. The van der Waals surface area contributed by atoms with E-state index in [-0.39, 0.29) is 18.3 Å². The fraction of sp³-hybridized carbons (Fsp3) is 0.107. The van der Waals surface area contributed by atoms with Crippen LogP contribution in [0, 0.1) is 0 Å². The van der Waals surface area contributed by atoms with Gasteiger partial charge in [-0.1, -0.05) is 91.0 Å². The maximum Gasteiger partial charge on any atom is 0.407 e. The van der Waals surface area contributed by atoms with E-state index in [1.807, 2.05) is 66.7 Å². The van der Waals surface area contributed by atoms with Crippen molar-refractivity contribution in [3.63, 3.8) is 0 Å². The van der Waals surface area contributed by atoms with Crippen molar-refractivity contribution >= 4 is 22.9 Å². The van der Waals surface area contributed by atoms with E-state index in [9.17, 15) is 9.90 Å². The molecule has 0 fully saturated rings. The minimum atomic E-state index is -0.460. The van der Waals surface area contributed by atoms with Gasteiger partial charge >= 0.3 is 6.09 Å². The number of alkyl carbamates (subject to hydrolysis) is 1. The number of hydrogen-bond acceptors (Lipinski definition) is 3. The summed E-state index contributed by atoms with van der Waals surface area (Å²) in [4.78, 5) is 12.3. The zero-order valence-corrected chi connectivity index (χ0v) is 17.5. The molecule has 0 spiro atoms. The molecule has 1 aliphatic rings. The number of hydrogen-bond donors (Lipinski definition) is 2. The maximum absolute atomic E-state index is 12.3. The Labute approximate surface area is 186 Å². The SMILES string of the molecule is O=C(NCC=Cc1c(O)ccc2ccccc12)OCC1c2ccccc2-c2ccccc21. The van der Waals surface area contributed by atoms with Gasteiger partial charge in [0, 0.05) is 18.0 Å². The van der Waals surface area contributed by atoms with E-state index in [4.69, 9.17) is 4.74 Å². The van der Waals surface area contributed by atoms with Gasteiger partial charge in [0.05, 0.1) is 0 Å². The Bertz CT molecular complexity index is 1280. The number of benzene rings is 4. The second kappa shape index (κ2) is 8.60. The Hall–Kier alpha value is -4.05. The summed E-state index contributed by atoms with van der Waals surface area (Å²) in [6.45, 7) is 0.590. The second-order valence-corrected chi connectivity index (χ2v) is 7.83. The van der Waals surface area contributed by atoms with Crippen molar-refractivity contribution in [3.8, 4) is 16.9 Å². The average Bonchev–Trinajstić information content (AvgIpc) is 3.15. The average molecular weight is 421 g/mol. The van der Waals surface area contributed by atoms with E-state index < -0.39 is 6.09 Å². The normalized spacial score (nSPS) is 12.6. The largest absolute Gasteiger partial charge is 0.507 e. The standard InChI is InChI=1S/C28H23NO3/c30-27-16-15-19-8-1-2-9-20(19)25(27)14-7-17-29-28(31)32-18-26-23-12-5-3-10-21(23)22-11-4-6-13-24(22)26/h1-16,26,30H,17-18H2,(H,29,31). The van der Waals surface area contributed by atoms with E-state index >= 15 is 0 Å². The molecule has 0 bridgehead atoms. The third kappa shape index (κ3) is 3.71. The van der Waals surface area contributed by atoms with Gasteiger partial charge in [-0.05, 0) is 39.1 Å². The molecule has 32 heavy (non-hydrogen) atoms. The fourth-order valence-electron chi connectivity index (χ4n) is 4.43. The first-order valence-corrected chi connectivity index (χ1v) is 10.7. The summed E-state index contributed by atoms with van der Waals surface area (Å²) in [5.41, 5.74) is 5.52. The second-order valence-electron chi connectivity index (χ2n) is 7.83. The first kappa shape index (κ1) is 19.9. The minimum Gasteiger partial charge on any atom is -0.507 e. The molecular formula is C28H23NO3. The van der Waals surface area contributed by atoms with Gasteiger partial charge in [-0.15, -0.1) is 0 Å². The van der Waals surface area contributed by atoms with Crippen molar-refractivity contribution in [3.05, 3.63) is 108 Å². The Morgan fingerprint density at radius 1 is 0.875 bits per heavy atom. The van der Waals surface area contributed by atoms with Crippen LogP contribution >= 0.6 is 0 Å². The maximum atomic E-state index is 12.3. The van der Waals surface area contributed by atoms with Gasteiger partial charge in [0.25, 0.3) is 0 Å². The number of ether oxygens (including phenoxy) is 1. The van der Waals surface area contributed by atoms with Gasteiger partial charge < -0.3 is 15.2 Å². The first-order valence-electron chi connectivity index (χ1n) is 10.7. The van der Waals surface area contributed by atoms with Crippen molar-refractivity contribution in [2.45, 2.75) is 5.92 Å². The molecule has 0 aliphatic heterocycles. The van der Waals surface area contributed by atoms with Crippen LogP contribution in [-0.2, 0) is 4.74 Å². The van der Waals surface area contributed by atoms with E-state index in [0.717, 1.165) is 16.3 Å². The molecule has 4 nitrogen and oxygen atoms in total. The lowest BCUT2D eigenvalue weighted by atomic mass is 9.98. The van der Waals surface area contributed by atoms with Crippen LogP contribution in [0.1, 0.15) is 22.6 Å². The summed E-state index contributed by atoms with van der Waals surface area (Å²) in [7, 11) is 0. The highest BCUT2D eigenvalue weighted by atomic mass is 16.5. The van der Waals surface area contributed by atoms with E-state index in [0.29, 0.717) is 6.54 Å². The number of nitrogens with one attached hydrogen (secondary N) is 1. The summed E-state index contributed by atoms with van der Waals surface area (Å²) in [6, 6.07) is 28.0. The third-order valence-corrected chi connectivity index (χ3v) is 5.94. The number of phenols is 1. The number of carbonyl (C=O) groups is 1. The number of fused-ring (bicyclic) bond motifs is 4. The van der Waals surface area contributed by atoms with Crippen molar-refractivity contribution in [1.29, 1.82) is 0 Å². The Balaban J connectivity index is 1.21. The fourth-order valence-corrected chi connectivity index (χ4v) is 4.43. The third-order valence-electron chi connectivity index (χ3n) is 5.94. The lowest BCUT2D eigenvalue weighted by Gasteiger charge is -2.14. The Kier molecular flexibility index (Phi) is 5.34. The predicted molar refractivity (Wildman–Crippen MR) is 128 cm³/mol. The number of carbonyl (C=O) groups excluding carboxylic acids is 1. The first-order chi connectivity index (χ1) is 15.7. The molecule has 0 saturated carbocycles. The molecule has 4 aromatic carbocycles. The van der Waals surface area contributed by atoms with Crippen molar-refractivity contribution in [2.24, 2.45) is 0 Å². The van der Waals surface area contributed by atoms with Crippen LogP contribution in [0.15, 0.2) is 91.0 Å². The van der Waals surface area contributed by atoms with Gasteiger partial charge in [0.1, 0.15) is 12.4 Å². The smallest absolute Gasteiger partial charge is 0.407 e. The summed E-state index contributed by atoms with van der Waals surface area (Å²) < 4.78 is 5.55. The highest BCUT2D eigenvalue weighted by Crippen LogP contribution is 2.44. The highest BCUT2D eigenvalue weighted by Gasteiger charge is 2.28. The van der Waals surface area contributed by atoms with Crippen LogP contribution in [0.2, 0.25) is 0 Å². The zero-order chi connectivity index (χ0) is 21.9. The highest BCUT2D eigenvalue weighted by molar-refractivity contribution is 5.93. The molecule has 0 saturated heterocycles. The van der Waals surface area contributed by atoms with Gasteiger partial charge in [0.15, 0.2) is 0 Å². The van der Waals surface area contributed by atoms with Crippen LogP contribution < -0.4 is 5.32 Å². The minimum absolute atomic E-state index is 0.0383. The van der Waals surface area contributed by atoms with Gasteiger partial charge in [0.2, 0.25) is 0 Å². The van der Waals surface area contributed by atoms with Crippen molar-refractivity contribution in [1.82, 2.24) is 5.32 Å². The lowest BCUT2D eigenvalue weighted by Crippen LogP contribution is -2.26. The topological polar surface area (TPSA) is 58.6 Å². The number of rotatable bonds is 5. The van der Waals surface area contributed by atoms with E-state index in [1.54, 1.807) is 6.07 Å². The molecule has 0 radical (unpaired) electrons. The van der Waals surface area contributed by atoms with Crippen LogP contribution in [0.25, 0.3) is 28.0 Å². The Morgan fingerprint density at radius 3 is 2.28 bits per heavy atom. The Morgan fingerprint density at radius 2 is 1.53 bits per heavy atom. The molecule has 1 aliphatic carbocycles. The van der Waals surface area contributed by atoms with E-state index in [1.165, 1.54) is 22.3 Å². The van der Waals surface area contributed by atoms with E-state index in [2.05, 4.69) is 29.6 Å².